The van der Waals surface area contributed by atoms with E-state index >= 15 is 0 Å². The predicted octanol–water partition coefficient (Wildman–Crippen LogP) is 3.66. The van der Waals surface area contributed by atoms with Crippen molar-refractivity contribution in [3.05, 3.63) is 71.3 Å². The van der Waals surface area contributed by atoms with Crippen molar-refractivity contribution >= 4 is 18.3 Å². The van der Waals surface area contributed by atoms with E-state index in [2.05, 4.69) is 31.3 Å². The lowest BCUT2D eigenvalue weighted by Crippen LogP contribution is -2.45. The second-order valence-electron chi connectivity index (χ2n) is 6.18. The number of carbonyl (C=O) groups excluding carboxylic acids is 1. The largest absolute Gasteiger partial charge is 0.349 e. The molecule has 0 bridgehead atoms. The van der Waals surface area contributed by atoms with Crippen molar-refractivity contribution in [1.29, 1.82) is 0 Å². The van der Waals surface area contributed by atoms with E-state index in [4.69, 9.17) is 5.73 Å². The summed E-state index contributed by atoms with van der Waals surface area (Å²) in [7, 11) is 0. The molecule has 0 fully saturated rings. The fourth-order valence-corrected chi connectivity index (χ4v) is 2.37. The minimum absolute atomic E-state index is 0. The molecule has 2 rings (SSSR count). The Morgan fingerprint density at radius 1 is 1.09 bits per heavy atom. The van der Waals surface area contributed by atoms with Crippen LogP contribution in [-0.2, 0) is 12.0 Å². The van der Waals surface area contributed by atoms with Gasteiger partial charge in [0.2, 0.25) is 0 Å². The second kappa shape index (κ2) is 8.14. The number of rotatable bonds is 5. The van der Waals surface area contributed by atoms with Gasteiger partial charge < -0.3 is 11.1 Å². The van der Waals surface area contributed by atoms with Gasteiger partial charge in [-0.1, -0.05) is 56.3 Å². The Bertz CT molecular complexity index is 624. The molecule has 4 heteroatoms. The highest BCUT2D eigenvalue weighted by molar-refractivity contribution is 5.94. The highest BCUT2D eigenvalue weighted by Gasteiger charge is 2.29. The van der Waals surface area contributed by atoms with Crippen molar-refractivity contribution in [2.75, 3.05) is 0 Å². The molecule has 2 aromatic rings. The van der Waals surface area contributed by atoms with Gasteiger partial charge in [0.05, 0.1) is 0 Å². The van der Waals surface area contributed by atoms with E-state index in [1.165, 1.54) is 5.56 Å². The topological polar surface area (TPSA) is 55.1 Å². The van der Waals surface area contributed by atoms with Gasteiger partial charge in [0, 0.05) is 23.6 Å². The Morgan fingerprint density at radius 2 is 1.65 bits per heavy atom. The van der Waals surface area contributed by atoms with Gasteiger partial charge in [-0.05, 0) is 30.2 Å². The van der Waals surface area contributed by atoms with Gasteiger partial charge in [0.15, 0.2) is 0 Å². The van der Waals surface area contributed by atoms with Gasteiger partial charge in [-0.15, -0.1) is 12.4 Å². The van der Waals surface area contributed by atoms with Crippen LogP contribution in [0.4, 0.5) is 0 Å². The summed E-state index contributed by atoms with van der Waals surface area (Å²) in [5.74, 6) is -0.0555. The van der Waals surface area contributed by atoms with E-state index in [1.54, 1.807) is 0 Å². The number of benzene rings is 2. The average molecular weight is 333 g/mol. The van der Waals surface area contributed by atoms with Gasteiger partial charge in [-0.2, -0.15) is 0 Å². The summed E-state index contributed by atoms with van der Waals surface area (Å²) in [6.45, 7) is 6.81. The highest BCUT2D eigenvalue weighted by atomic mass is 35.5. The molecule has 0 aliphatic heterocycles. The molecule has 0 spiro atoms. The Labute approximate surface area is 144 Å². The van der Waals surface area contributed by atoms with Crippen LogP contribution in [0.5, 0.6) is 0 Å². The molecule has 1 atom stereocenters. The SMILES string of the molecule is CC(NC(=O)c1ccc(CN)cc1)C(C)(C)c1ccccc1.Cl. The van der Waals surface area contributed by atoms with Gasteiger partial charge in [0.25, 0.3) is 5.91 Å². The Morgan fingerprint density at radius 3 is 2.17 bits per heavy atom. The van der Waals surface area contributed by atoms with Crippen LogP contribution in [0.25, 0.3) is 0 Å². The first-order valence-corrected chi connectivity index (χ1v) is 7.60. The number of hydrogen-bond acceptors (Lipinski definition) is 2. The number of amides is 1. The van der Waals surface area contributed by atoms with Crippen LogP contribution >= 0.6 is 12.4 Å². The minimum atomic E-state index is -0.145. The molecule has 23 heavy (non-hydrogen) atoms. The van der Waals surface area contributed by atoms with E-state index < -0.39 is 0 Å². The van der Waals surface area contributed by atoms with Crippen LogP contribution in [-0.4, -0.2) is 11.9 Å². The number of halogens is 1. The van der Waals surface area contributed by atoms with E-state index in [0.29, 0.717) is 12.1 Å². The number of nitrogens with two attached hydrogens (primary N) is 1. The maximum Gasteiger partial charge on any atom is 0.251 e. The summed E-state index contributed by atoms with van der Waals surface area (Å²) in [5, 5.41) is 3.10. The summed E-state index contributed by atoms with van der Waals surface area (Å²) in [6.07, 6.45) is 0. The molecule has 0 saturated heterocycles. The standard InChI is InChI=1S/C19H24N2O.ClH/c1-14(19(2,3)17-7-5-4-6-8-17)21-18(22)16-11-9-15(13-20)10-12-16;/h4-12,14H,13,20H2,1-3H3,(H,21,22);1H. The average Bonchev–Trinajstić information content (AvgIpc) is 2.55. The monoisotopic (exact) mass is 332 g/mol. The molecular formula is C19H25ClN2O. The molecule has 0 aromatic heterocycles. The fourth-order valence-electron chi connectivity index (χ4n) is 2.37. The summed E-state index contributed by atoms with van der Waals surface area (Å²) in [6, 6.07) is 17.7. The molecular weight excluding hydrogens is 308 g/mol. The fraction of sp³-hybridized carbons (Fsp3) is 0.316. The molecule has 0 aliphatic carbocycles. The Balaban J connectivity index is 0.00000264. The first kappa shape index (κ1) is 19.2. The van der Waals surface area contributed by atoms with E-state index in [1.807, 2.05) is 49.4 Å². The zero-order chi connectivity index (χ0) is 16.2. The number of carbonyl (C=O) groups is 1. The van der Waals surface area contributed by atoms with Crippen molar-refractivity contribution in [3.8, 4) is 0 Å². The second-order valence-corrected chi connectivity index (χ2v) is 6.18. The van der Waals surface area contributed by atoms with Crippen LogP contribution in [0.1, 0.15) is 42.3 Å². The molecule has 0 saturated carbocycles. The van der Waals surface area contributed by atoms with Crippen molar-refractivity contribution in [3.63, 3.8) is 0 Å². The molecule has 124 valence electrons. The van der Waals surface area contributed by atoms with E-state index in [9.17, 15) is 4.79 Å². The molecule has 0 radical (unpaired) electrons. The molecule has 1 unspecified atom stereocenters. The first-order chi connectivity index (χ1) is 10.4. The van der Waals surface area contributed by atoms with Crippen LogP contribution in [0.3, 0.4) is 0 Å². The van der Waals surface area contributed by atoms with Crippen LogP contribution in [0, 0.1) is 0 Å². The third-order valence-electron chi connectivity index (χ3n) is 4.40. The summed E-state index contributed by atoms with van der Waals surface area (Å²) >= 11 is 0. The summed E-state index contributed by atoms with van der Waals surface area (Å²) in [4.78, 5) is 12.4. The molecule has 0 aliphatic rings. The maximum atomic E-state index is 12.4. The maximum absolute atomic E-state index is 12.4. The zero-order valence-corrected chi connectivity index (χ0v) is 14.7. The van der Waals surface area contributed by atoms with Crippen molar-refractivity contribution < 1.29 is 4.79 Å². The van der Waals surface area contributed by atoms with Gasteiger partial charge in [0.1, 0.15) is 0 Å². The van der Waals surface area contributed by atoms with Crippen LogP contribution < -0.4 is 11.1 Å². The molecule has 1 amide bonds. The van der Waals surface area contributed by atoms with Crippen LogP contribution in [0.15, 0.2) is 54.6 Å². The minimum Gasteiger partial charge on any atom is -0.349 e. The lowest BCUT2D eigenvalue weighted by Gasteiger charge is -2.33. The first-order valence-electron chi connectivity index (χ1n) is 7.60. The third kappa shape index (κ3) is 4.57. The van der Waals surface area contributed by atoms with Crippen molar-refractivity contribution in [2.24, 2.45) is 5.73 Å². The summed E-state index contributed by atoms with van der Waals surface area (Å²) < 4.78 is 0. The predicted molar refractivity (Wildman–Crippen MR) is 98.0 cm³/mol. The lowest BCUT2D eigenvalue weighted by atomic mass is 9.78. The van der Waals surface area contributed by atoms with Crippen LogP contribution in [0.2, 0.25) is 0 Å². The highest BCUT2D eigenvalue weighted by Crippen LogP contribution is 2.27. The van der Waals surface area contributed by atoms with Crippen molar-refractivity contribution in [1.82, 2.24) is 5.32 Å². The molecule has 3 N–H and O–H groups in total. The third-order valence-corrected chi connectivity index (χ3v) is 4.40. The lowest BCUT2D eigenvalue weighted by molar-refractivity contribution is 0.0924. The van der Waals surface area contributed by atoms with Crippen molar-refractivity contribution in [2.45, 2.75) is 38.8 Å². The molecule has 2 aromatic carbocycles. The normalized spacial score (nSPS) is 12.2. The Hall–Kier alpha value is -1.84. The summed E-state index contributed by atoms with van der Waals surface area (Å²) in [5.41, 5.74) is 8.32. The van der Waals surface area contributed by atoms with E-state index in [-0.39, 0.29) is 29.8 Å². The zero-order valence-electron chi connectivity index (χ0n) is 13.9. The van der Waals surface area contributed by atoms with Gasteiger partial charge in [-0.25, -0.2) is 0 Å². The quantitative estimate of drug-likeness (QED) is 0.877. The van der Waals surface area contributed by atoms with Gasteiger partial charge >= 0.3 is 0 Å². The molecule has 3 nitrogen and oxygen atoms in total. The van der Waals surface area contributed by atoms with E-state index in [0.717, 1.165) is 5.56 Å². The number of nitrogens with one attached hydrogen (secondary N) is 1. The Kier molecular flexibility index (Phi) is 6.79. The van der Waals surface area contributed by atoms with Gasteiger partial charge in [-0.3, -0.25) is 4.79 Å². The number of hydrogen-bond donors (Lipinski definition) is 2. The smallest absolute Gasteiger partial charge is 0.251 e. The molecule has 0 heterocycles.